The normalized spacial score (nSPS) is 17.6. The fourth-order valence-corrected chi connectivity index (χ4v) is 3.67. The first-order chi connectivity index (χ1) is 12.3. The third-order valence-corrected chi connectivity index (χ3v) is 4.85. The maximum atomic E-state index is 5.25. The van der Waals surface area contributed by atoms with Crippen LogP contribution in [-0.4, -0.2) is 34.7 Å². The molecule has 0 aliphatic carbocycles. The first kappa shape index (κ1) is 16.1. The van der Waals surface area contributed by atoms with Gasteiger partial charge in [-0.1, -0.05) is 24.3 Å². The first-order valence-corrected chi connectivity index (χ1v) is 8.66. The molecular formula is C20H23N3O2. The van der Waals surface area contributed by atoms with Gasteiger partial charge in [-0.3, -0.25) is 4.90 Å². The second kappa shape index (κ2) is 7.25. The van der Waals surface area contributed by atoms with Gasteiger partial charge in [0.15, 0.2) is 0 Å². The number of imidazole rings is 1. The number of rotatable bonds is 6. The lowest BCUT2D eigenvalue weighted by Crippen LogP contribution is -2.34. The smallest absolute Gasteiger partial charge is 0.117 e. The summed E-state index contributed by atoms with van der Waals surface area (Å²) in [5.74, 6) is 1.38. The molecule has 0 N–H and O–H groups in total. The average molecular weight is 337 g/mol. The number of fused-ring (bicyclic) bond motifs is 1. The number of hydrogen-bond acceptors (Lipinski definition) is 4. The second-order valence-corrected chi connectivity index (χ2v) is 6.52. The Morgan fingerprint density at radius 3 is 3.04 bits per heavy atom. The van der Waals surface area contributed by atoms with Crippen molar-refractivity contribution < 1.29 is 9.15 Å². The lowest BCUT2D eigenvalue weighted by atomic mass is 9.89. The summed E-state index contributed by atoms with van der Waals surface area (Å²) in [6.07, 6.45) is 7.51. The van der Waals surface area contributed by atoms with Crippen LogP contribution < -0.4 is 0 Å². The van der Waals surface area contributed by atoms with Gasteiger partial charge >= 0.3 is 0 Å². The number of benzene rings is 1. The minimum absolute atomic E-state index is 0.267. The van der Waals surface area contributed by atoms with Gasteiger partial charge in [-0.05, 0) is 17.2 Å². The number of ether oxygens (including phenoxy) is 1. The SMILES string of the molecule is COCCn1ccnc1[C@H]1CN(Cc2ccoc2)Cc2ccccc21. The molecule has 0 bridgehead atoms. The molecular weight excluding hydrogens is 314 g/mol. The van der Waals surface area contributed by atoms with E-state index in [4.69, 9.17) is 9.15 Å². The van der Waals surface area contributed by atoms with Crippen LogP contribution >= 0.6 is 0 Å². The summed E-state index contributed by atoms with van der Waals surface area (Å²) in [6, 6.07) is 10.8. The third kappa shape index (κ3) is 3.38. The molecule has 3 aromatic rings. The highest BCUT2D eigenvalue weighted by Crippen LogP contribution is 2.33. The van der Waals surface area contributed by atoms with Crippen molar-refractivity contribution in [3.63, 3.8) is 0 Å². The average Bonchev–Trinajstić information content (AvgIpc) is 3.31. The molecule has 4 rings (SSSR count). The topological polar surface area (TPSA) is 43.4 Å². The number of methoxy groups -OCH3 is 1. The van der Waals surface area contributed by atoms with Crippen LogP contribution in [0.5, 0.6) is 0 Å². The molecule has 0 radical (unpaired) electrons. The molecule has 2 aromatic heterocycles. The molecule has 1 atom stereocenters. The van der Waals surface area contributed by atoms with Crippen molar-refractivity contribution in [1.29, 1.82) is 0 Å². The minimum atomic E-state index is 0.267. The fraction of sp³-hybridized carbons (Fsp3) is 0.350. The van der Waals surface area contributed by atoms with E-state index in [1.807, 2.05) is 24.7 Å². The monoisotopic (exact) mass is 337 g/mol. The van der Waals surface area contributed by atoms with E-state index in [0.717, 1.165) is 32.0 Å². The molecule has 0 saturated carbocycles. The van der Waals surface area contributed by atoms with Crippen LogP contribution in [0.2, 0.25) is 0 Å². The van der Waals surface area contributed by atoms with E-state index in [-0.39, 0.29) is 5.92 Å². The summed E-state index contributed by atoms with van der Waals surface area (Å²) in [6.45, 7) is 4.31. The highest BCUT2D eigenvalue weighted by atomic mass is 16.5. The third-order valence-electron chi connectivity index (χ3n) is 4.85. The summed E-state index contributed by atoms with van der Waals surface area (Å²) in [5.41, 5.74) is 3.97. The van der Waals surface area contributed by atoms with Crippen LogP contribution in [0.15, 0.2) is 59.7 Å². The predicted molar refractivity (Wildman–Crippen MR) is 95.2 cm³/mol. The largest absolute Gasteiger partial charge is 0.472 e. The Labute approximate surface area is 147 Å². The van der Waals surface area contributed by atoms with E-state index in [1.165, 1.54) is 16.7 Å². The summed E-state index contributed by atoms with van der Waals surface area (Å²) in [7, 11) is 1.74. The predicted octanol–water partition coefficient (Wildman–Crippen LogP) is 3.27. The van der Waals surface area contributed by atoms with Gasteiger partial charge in [-0.25, -0.2) is 4.98 Å². The van der Waals surface area contributed by atoms with E-state index in [0.29, 0.717) is 6.61 Å². The summed E-state index contributed by atoms with van der Waals surface area (Å²) < 4.78 is 12.7. The molecule has 0 amide bonds. The fourth-order valence-electron chi connectivity index (χ4n) is 3.67. The molecule has 0 unspecified atom stereocenters. The van der Waals surface area contributed by atoms with Crippen LogP contribution in [-0.2, 0) is 24.4 Å². The van der Waals surface area contributed by atoms with E-state index >= 15 is 0 Å². The van der Waals surface area contributed by atoms with Gasteiger partial charge in [0.1, 0.15) is 5.82 Å². The number of furan rings is 1. The quantitative estimate of drug-likeness (QED) is 0.692. The van der Waals surface area contributed by atoms with Crippen molar-refractivity contribution >= 4 is 0 Å². The maximum Gasteiger partial charge on any atom is 0.117 e. The van der Waals surface area contributed by atoms with Crippen LogP contribution in [0.4, 0.5) is 0 Å². The summed E-state index contributed by atoms with van der Waals surface area (Å²) >= 11 is 0. The van der Waals surface area contributed by atoms with Crippen molar-refractivity contribution in [2.24, 2.45) is 0 Å². The van der Waals surface area contributed by atoms with Gasteiger partial charge in [-0.2, -0.15) is 0 Å². The first-order valence-electron chi connectivity index (χ1n) is 8.66. The molecule has 0 saturated heterocycles. The molecule has 5 nitrogen and oxygen atoms in total. The lowest BCUT2D eigenvalue weighted by Gasteiger charge is -2.34. The Hall–Kier alpha value is -2.37. The zero-order chi connectivity index (χ0) is 17.1. The van der Waals surface area contributed by atoms with E-state index in [1.54, 1.807) is 13.4 Å². The Morgan fingerprint density at radius 2 is 2.20 bits per heavy atom. The molecule has 25 heavy (non-hydrogen) atoms. The van der Waals surface area contributed by atoms with Crippen LogP contribution in [0.25, 0.3) is 0 Å². The van der Waals surface area contributed by atoms with Gasteiger partial charge in [0.2, 0.25) is 0 Å². The summed E-state index contributed by atoms with van der Waals surface area (Å²) in [4.78, 5) is 7.15. The Balaban J connectivity index is 1.64. The van der Waals surface area contributed by atoms with Gasteiger partial charge in [0, 0.05) is 51.2 Å². The number of hydrogen-bond donors (Lipinski definition) is 0. The number of aromatic nitrogens is 2. The Kier molecular flexibility index (Phi) is 4.68. The van der Waals surface area contributed by atoms with Crippen molar-refractivity contribution in [2.45, 2.75) is 25.6 Å². The maximum absolute atomic E-state index is 5.25. The molecule has 0 spiro atoms. The highest BCUT2D eigenvalue weighted by molar-refractivity contribution is 5.37. The van der Waals surface area contributed by atoms with Crippen molar-refractivity contribution in [3.8, 4) is 0 Å². The molecule has 1 aromatic carbocycles. The second-order valence-electron chi connectivity index (χ2n) is 6.52. The zero-order valence-corrected chi connectivity index (χ0v) is 14.5. The van der Waals surface area contributed by atoms with Crippen LogP contribution in [0, 0.1) is 0 Å². The van der Waals surface area contributed by atoms with E-state index in [2.05, 4.69) is 38.7 Å². The Morgan fingerprint density at radius 1 is 1.28 bits per heavy atom. The molecule has 1 aliphatic heterocycles. The van der Waals surface area contributed by atoms with Crippen LogP contribution in [0.1, 0.15) is 28.4 Å². The minimum Gasteiger partial charge on any atom is -0.472 e. The van der Waals surface area contributed by atoms with Gasteiger partial charge in [0.05, 0.1) is 25.1 Å². The molecule has 3 heterocycles. The zero-order valence-electron chi connectivity index (χ0n) is 14.5. The Bertz CT molecular complexity index is 810. The van der Waals surface area contributed by atoms with Crippen molar-refractivity contribution in [2.75, 3.05) is 20.3 Å². The van der Waals surface area contributed by atoms with E-state index in [9.17, 15) is 0 Å². The number of nitrogens with zero attached hydrogens (tertiary/aromatic N) is 3. The van der Waals surface area contributed by atoms with Crippen molar-refractivity contribution in [1.82, 2.24) is 14.5 Å². The lowest BCUT2D eigenvalue weighted by molar-refractivity contribution is 0.184. The highest BCUT2D eigenvalue weighted by Gasteiger charge is 2.29. The van der Waals surface area contributed by atoms with Gasteiger partial charge in [0.25, 0.3) is 0 Å². The summed E-state index contributed by atoms with van der Waals surface area (Å²) in [5, 5.41) is 0. The molecule has 1 aliphatic rings. The standard InChI is InChI=1S/C20H23N3O2/c1-24-11-9-23-8-7-21-20(23)19-14-22(12-16-6-10-25-15-16)13-17-4-2-3-5-18(17)19/h2-8,10,15,19H,9,11-14H2,1H3/t19-/m0/s1. The van der Waals surface area contributed by atoms with Gasteiger partial charge in [-0.15, -0.1) is 0 Å². The van der Waals surface area contributed by atoms with E-state index < -0.39 is 0 Å². The van der Waals surface area contributed by atoms with Gasteiger partial charge < -0.3 is 13.7 Å². The van der Waals surface area contributed by atoms with Crippen molar-refractivity contribution in [3.05, 3.63) is 77.8 Å². The van der Waals surface area contributed by atoms with Crippen LogP contribution in [0.3, 0.4) is 0 Å². The molecule has 5 heteroatoms. The molecule has 0 fully saturated rings. The molecule has 130 valence electrons.